The van der Waals surface area contributed by atoms with E-state index < -0.39 is 24.5 Å². The number of anilines is 1. The maximum absolute atomic E-state index is 12.4. The number of fused-ring (bicyclic) bond motifs is 1. The molecule has 1 heterocycles. The number of ether oxygens (including phenoxy) is 3. The molecule has 0 spiro atoms. The van der Waals surface area contributed by atoms with Crippen molar-refractivity contribution in [2.24, 2.45) is 0 Å². The van der Waals surface area contributed by atoms with E-state index in [9.17, 15) is 14.4 Å². The molecule has 1 aliphatic rings. The predicted octanol–water partition coefficient (Wildman–Crippen LogP) is 3.67. The van der Waals surface area contributed by atoms with Gasteiger partial charge in [0.15, 0.2) is 13.2 Å². The third-order valence-electron chi connectivity index (χ3n) is 4.61. The third kappa shape index (κ3) is 5.60. The number of benzene rings is 1. The van der Waals surface area contributed by atoms with E-state index in [2.05, 4.69) is 5.32 Å². The molecular weight excluding hydrogens is 406 g/mol. The molecule has 0 atom stereocenters. The number of carbonyl (C=O) groups excluding carboxylic acids is 3. The van der Waals surface area contributed by atoms with Gasteiger partial charge in [0.1, 0.15) is 10.8 Å². The van der Waals surface area contributed by atoms with Crippen molar-refractivity contribution >= 4 is 34.2 Å². The highest BCUT2D eigenvalue weighted by atomic mass is 32.1. The lowest BCUT2D eigenvalue weighted by atomic mass is 9.95. The Balaban J connectivity index is 1.56. The summed E-state index contributed by atoms with van der Waals surface area (Å²) in [5, 5.41) is 3.16. The van der Waals surface area contributed by atoms with E-state index in [0.29, 0.717) is 16.3 Å². The Hall–Kier alpha value is -2.87. The van der Waals surface area contributed by atoms with E-state index in [0.717, 1.165) is 41.7 Å². The van der Waals surface area contributed by atoms with Gasteiger partial charge in [0, 0.05) is 4.88 Å². The standard InChI is InChI=1S/C22H25NO6S/c1-3-27-22(26)20-16-9-4-5-10-17(16)30-21(20)23-18(24)12-29-19(25)13-28-15-8-6-7-14(2)11-15/h6-8,11H,3-5,9-10,12-13H2,1-2H3,(H,23,24). The van der Waals surface area contributed by atoms with Gasteiger partial charge < -0.3 is 19.5 Å². The molecule has 160 valence electrons. The summed E-state index contributed by atoms with van der Waals surface area (Å²) in [5.41, 5.74) is 2.40. The largest absolute Gasteiger partial charge is 0.482 e. The molecule has 1 aromatic heterocycles. The second-order valence-electron chi connectivity index (χ2n) is 6.95. The Kier molecular flexibility index (Phi) is 7.46. The first-order chi connectivity index (χ1) is 14.5. The average molecular weight is 432 g/mol. The van der Waals surface area contributed by atoms with Crippen molar-refractivity contribution in [2.45, 2.75) is 39.5 Å². The van der Waals surface area contributed by atoms with Crippen LogP contribution in [0.4, 0.5) is 5.00 Å². The predicted molar refractivity (Wildman–Crippen MR) is 113 cm³/mol. The minimum Gasteiger partial charge on any atom is -0.482 e. The van der Waals surface area contributed by atoms with Crippen LogP contribution in [-0.4, -0.2) is 37.7 Å². The van der Waals surface area contributed by atoms with Crippen LogP contribution in [0.5, 0.6) is 5.75 Å². The molecule has 1 aromatic carbocycles. The second-order valence-corrected chi connectivity index (χ2v) is 8.05. The van der Waals surface area contributed by atoms with Crippen molar-refractivity contribution < 1.29 is 28.6 Å². The molecule has 30 heavy (non-hydrogen) atoms. The molecule has 8 heteroatoms. The fourth-order valence-corrected chi connectivity index (χ4v) is 4.56. The molecule has 3 rings (SSSR count). The van der Waals surface area contributed by atoms with Crippen LogP contribution in [0.3, 0.4) is 0 Å². The first-order valence-electron chi connectivity index (χ1n) is 9.94. The highest BCUT2D eigenvalue weighted by Crippen LogP contribution is 2.38. The molecule has 1 aliphatic carbocycles. The highest BCUT2D eigenvalue weighted by Gasteiger charge is 2.27. The van der Waals surface area contributed by atoms with Crippen LogP contribution in [0, 0.1) is 6.92 Å². The Bertz CT molecular complexity index is 936. The number of aryl methyl sites for hydroxylation is 2. The van der Waals surface area contributed by atoms with Crippen LogP contribution in [0.25, 0.3) is 0 Å². The number of thiophene rings is 1. The summed E-state index contributed by atoms with van der Waals surface area (Å²) in [6.45, 7) is 3.17. The number of carbonyl (C=O) groups is 3. The van der Waals surface area contributed by atoms with Gasteiger partial charge in [-0.05, 0) is 62.8 Å². The van der Waals surface area contributed by atoms with Gasteiger partial charge in [-0.2, -0.15) is 0 Å². The maximum Gasteiger partial charge on any atom is 0.344 e. The quantitative estimate of drug-likeness (QED) is 0.642. The van der Waals surface area contributed by atoms with Gasteiger partial charge in [-0.3, -0.25) is 4.79 Å². The first-order valence-corrected chi connectivity index (χ1v) is 10.8. The van der Waals surface area contributed by atoms with Gasteiger partial charge in [0.05, 0.1) is 12.2 Å². The summed E-state index contributed by atoms with van der Waals surface area (Å²) in [5.74, 6) is -1.04. The summed E-state index contributed by atoms with van der Waals surface area (Å²) in [4.78, 5) is 37.7. The van der Waals surface area contributed by atoms with Crippen LogP contribution in [-0.2, 0) is 31.9 Å². The van der Waals surface area contributed by atoms with Crippen molar-refractivity contribution in [2.75, 3.05) is 25.1 Å². The van der Waals surface area contributed by atoms with Crippen molar-refractivity contribution in [3.05, 3.63) is 45.8 Å². The maximum atomic E-state index is 12.4. The minimum atomic E-state index is -0.650. The lowest BCUT2D eigenvalue weighted by Gasteiger charge is -2.12. The number of hydrogen-bond donors (Lipinski definition) is 1. The molecule has 0 radical (unpaired) electrons. The molecule has 2 aromatic rings. The lowest BCUT2D eigenvalue weighted by molar-refractivity contribution is -0.149. The van der Waals surface area contributed by atoms with Crippen molar-refractivity contribution in [1.29, 1.82) is 0 Å². The normalized spacial score (nSPS) is 12.6. The molecule has 0 fully saturated rings. The summed E-state index contributed by atoms with van der Waals surface area (Å²) >= 11 is 1.39. The SMILES string of the molecule is CCOC(=O)c1c(NC(=O)COC(=O)COc2cccc(C)c2)sc2c1CCCC2. The van der Waals surface area contributed by atoms with E-state index in [1.54, 1.807) is 19.1 Å². The summed E-state index contributed by atoms with van der Waals surface area (Å²) in [6.07, 6.45) is 3.73. The van der Waals surface area contributed by atoms with E-state index >= 15 is 0 Å². The minimum absolute atomic E-state index is 0.259. The van der Waals surface area contributed by atoms with E-state index in [-0.39, 0.29) is 13.2 Å². The van der Waals surface area contributed by atoms with Gasteiger partial charge in [-0.1, -0.05) is 12.1 Å². The Morgan fingerprint density at radius 1 is 1.10 bits per heavy atom. The van der Waals surface area contributed by atoms with Crippen molar-refractivity contribution in [1.82, 2.24) is 0 Å². The van der Waals surface area contributed by atoms with Crippen LogP contribution in [0.15, 0.2) is 24.3 Å². The number of amides is 1. The van der Waals surface area contributed by atoms with Crippen molar-refractivity contribution in [3.63, 3.8) is 0 Å². The van der Waals surface area contributed by atoms with Crippen LogP contribution >= 0.6 is 11.3 Å². The molecule has 1 N–H and O–H groups in total. The molecule has 0 saturated carbocycles. The monoisotopic (exact) mass is 431 g/mol. The molecule has 0 aliphatic heterocycles. The number of nitrogens with one attached hydrogen (secondary N) is 1. The lowest BCUT2D eigenvalue weighted by Crippen LogP contribution is -2.24. The Morgan fingerprint density at radius 2 is 1.90 bits per heavy atom. The van der Waals surface area contributed by atoms with Gasteiger partial charge >= 0.3 is 11.9 Å². The molecule has 1 amide bonds. The zero-order valence-corrected chi connectivity index (χ0v) is 17.9. The second kappa shape index (κ2) is 10.2. The Labute approximate surface area is 179 Å². The van der Waals surface area contributed by atoms with Crippen LogP contribution < -0.4 is 10.1 Å². The molecule has 0 bridgehead atoms. The number of esters is 2. The van der Waals surface area contributed by atoms with Gasteiger partial charge in [-0.15, -0.1) is 11.3 Å². The molecule has 0 unspecified atom stereocenters. The average Bonchev–Trinajstić information content (AvgIpc) is 3.08. The molecule has 7 nitrogen and oxygen atoms in total. The zero-order valence-electron chi connectivity index (χ0n) is 17.1. The topological polar surface area (TPSA) is 90.9 Å². The van der Waals surface area contributed by atoms with Gasteiger partial charge in [0.2, 0.25) is 0 Å². The van der Waals surface area contributed by atoms with Crippen LogP contribution in [0.2, 0.25) is 0 Å². The zero-order chi connectivity index (χ0) is 21.5. The van der Waals surface area contributed by atoms with Gasteiger partial charge in [-0.25, -0.2) is 9.59 Å². The Morgan fingerprint density at radius 3 is 2.67 bits per heavy atom. The fourth-order valence-electron chi connectivity index (χ4n) is 3.27. The third-order valence-corrected chi connectivity index (χ3v) is 5.82. The molecule has 0 saturated heterocycles. The van der Waals surface area contributed by atoms with E-state index in [1.165, 1.54) is 11.3 Å². The highest BCUT2D eigenvalue weighted by molar-refractivity contribution is 7.17. The van der Waals surface area contributed by atoms with Gasteiger partial charge in [0.25, 0.3) is 5.91 Å². The smallest absolute Gasteiger partial charge is 0.344 e. The fraction of sp³-hybridized carbons (Fsp3) is 0.409. The first kappa shape index (κ1) is 21.8. The van der Waals surface area contributed by atoms with E-state index in [1.807, 2.05) is 19.1 Å². The van der Waals surface area contributed by atoms with Crippen molar-refractivity contribution in [3.8, 4) is 5.75 Å². The molecular formula is C22H25NO6S. The summed E-state index contributed by atoms with van der Waals surface area (Å²) in [7, 11) is 0. The summed E-state index contributed by atoms with van der Waals surface area (Å²) in [6, 6.07) is 7.28. The summed E-state index contributed by atoms with van der Waals surface area (Å²) < 4.78 is 15.5. The van der Waals surface area contributed by atoms with Crippen LogP contribution in [0.1, 0.15) is 46.1 Å². The number of rotatable bonds is 8. The van der Waals surface area contributed by atoms with E-state index in [4.69, 9.17) is 14.2 Å². The number of hydrogen-bond acceptors (Lipinski definition) is 7.